The summed E-state index contributed by atoms with van der Waals surface area (Å²) < 4.78 is 0. The topological polar surface area (TPSA) is 69.3 Å². The summed E-state index contributed by atoms with van der Waals surface area (Å²) in [5, 5.41) is 0. The zero-order valence-electron chi connectivity index (χ0n) is 12.3. The van der Waals surface area contributed by atoms with Crippen molar-refractivity contribution in [1.29, 1.82) is 0 Å². The van der Waals surface area contributed by atoms with Gasteiger partial charge in [0, 0.05) is 38.7 Å². The highest BCUT2D eigenvalue weighted by atomic mass is 16.2. The smallest absolute Gasteiger partial charge is 0.251 e. The van der Waals surface area contributed by atoms with E-state index in [4.69, 9.17) is 0 Å². The average Bonchev–Trinajstić information content (AvgIpc) is 2.67. The standard InChI is InChI=1S/C14H22N4O2/c1-4-18-8-11(5-14(18)20)7-17(3)9-12-6-13(19)16-10(2)15-12/h6,11H,4-5,7-9H2,1-3H3,(H,15,16,19). The van der Waals surface area contributed by atoms with Crippen LogP contribution in [0.2, 0.25) is 0 Å². The molecule has 20 heavy (non-hydrogen) atoms. The molecule has 6 heteroatoms. The van der Waals surface area contributed by atoms with Gasteiger partial charge >= 0.3 is 0 Å². The fourth-order valence-electron chi connectivity index (χ4n) is 2.79. The maximum absolute atomic E-state index is 11.7. The average molecular weight is 278 g/mol. The Morgan fingerprint density at radius 1 is 1.50 bits per heavy atom. The van der Waals surface area contributed by atoms with E-state index in [0.717, 1.165) is 25.3 Å². The predicted octanol–water partition coefficient (Wildman–Crippen LogP) is 0.379. The SMILES string of the molecule is CCN1CC(CN(C)Cc2cc(=O)[nH]c(C)n2)CC1=O. The lowest BCUT2D eigenvalue weighted by Gasteiger charge is -2.20. The first-order valence-electron chi connectivity index (χ1n) is 7.01. The molecule has 1 aliphatic rings. The van der Waals surface area contributed by atoms with E-state index in [1.807, 2.05) is 18.9 Å². The summed E-state index contributed by atoms with van der Waals surface area (Å²) in [6.45, 7) is 6.87. The van der Waals surface area contributed by atoms with Crippen LogP contribution < -0.4 is 5.56 Å². The van der Waals surface area contributed by atoms with Gasteiger partial charge in [-0.2, -0.15) is 0 Å². The molecule has 1 unspecified atom stereocenters. The molecule has 6 nitrogen and oxygen atoms in total. The number of amides is 1. The van der Waals surface area contributed by atoms with Crippen LogP contribution in [0.3, 0.4) is 0 Å². The minimum atomic E-state index is -0.117. The molecule has 1 aromatic rings. The monoisotopic (exact) mass is 278 g/mol. The third-order valence-corrected chi connectivity index (χ3v) is 3.59. The van der Waals surface area contributed by atoms with Crippen molar-refractivity contribution >= 4 is 5.91 Å². The number of hydrogen-bond donors (Lipinski definition) is 1. The van der Waals surface area contributed by atoms with Crippen LogP contribution in [0.25, 0.3) is 0 Å². The van der Waals surface area contributed by atoms with Gasteiger partial charge in [-0.05, 0) is 26.8 Å². The predicted molar refractivity (Wildman–Crippen MR) is 76.3 cm³/mol. The summed E-state index contributed by atoms with van der Waals surface area (Å²) in [6, 6.07) is 1.53. The van der Waals surface area contributed by atoms with E-state index < -0.39 is 0 Å². The first-order chi connectivity index (χ1) is 9.47. The number of carbonyl (C=O) groups is 1. The van der Waals surface area contributed by atoms with Gasteiger partial charge in [0.1, 0.15) is 5.82 Å². The Bertz CT molecular complexity index is 540. The van der Waals surface area contributed by atoms with Gasteiger partial charge in [0.05, 0.1) is 5.69 Å². The van der Waals surface area contributed by atoms with Gasteiger partial charge in [-0.15, -0.1) is 0 Å². The molecule has 0 bridgehead atoms. The third-order valence-electron chi connectivity index (χ3n) is 3.59. The summed E-state index contributed by atoms with van der Waals surface area (Å²) in [4.78, 5) is 34.1. The van der Waals surface area contributed by atoms with Crippen molar-refractivity contribution in [1.82, 2.24) is 19.8 Å². The van der Waals surface area contributed by atoms with Crippen LogP contribution in [0.5, 0.6) is 0 Å². The van der Waals surface area contributed by atoms with Gasteiger partial charge in [-0.1, -0.05) is 0 Å². The Hall–Kier alpha value is -1.69. The fourth-order valence-corrected chi connectivity index (χ4v) is 2.79. The van der Waals surface area contributed by atoms with E-state index in [9.17, 15) is 9.59 Å². The Morgan fingerprint density at radius 3 is 2.85 bits per heavy atom. The van der Waals surface area contributed by atoms with Crippen LogP contribution in [0.4, 0.5) is 0 Å². The largest absolute Gasteiger partial charge is 0.343 e. The summed E-state index contributed by atoms with van der Waals surface area (Å²) in [6.07, 6.45) is 0.625. The van der Waals surface area contributed by atoms with Gasteiger partial charge in [0.25, 0.3) is 5.56 Å². The minimum Gasteiger partial charge on any atom is -0.343 e. The Balaban J connectivity index is 1.91. The van der Waals surface area contributed by atoms with E-state index in [2.05, 4.69) is 14.9 Å². The molecule has 2 rings (SSSR count). The Morgan fingerprint density at radius 2 is 2.25 bits per heavy atom. The van der Waals surface area contributed by atoms with Gasteiger partial charge in [-0.25, -0.2) is 4.98 Å². The minimum absolute atomic E-state index is 0.117. The second kappa shape index (κ2) is 6.17. The quantitative estimate of drug-likeness (QED) is 0.845. The van der Waals surface area contributed by atoms with Crippen LogP contribution in [0, 0.1) is 12.8 Å². The maximum Gasteiger partial charge on any atom is 0.251 e. The number of carbonyl (C=O) groups excluding carboxylic acids is 1. The lowest BCUT2D eigenvalue weighted by molar-refractivity contribution is -0.127. The number of nitrogens with one attached hydrogen (secondary N) is 1. The molecular formula is C14H22N4O2. The normalized spacial score (nSPS) is 19.1. The van der Waals surface area contributed by atoms with E-state index >= 15 is 0 Å². The van der Waals surface area contributed by atoms with Crippen LogP contribution >= 0.6 is 0 Å². The molecule has 0 saturated carbocycles. The first-order valence-corrected chi connectivity index (χ1v) is 7.01. The van der Waals surface area contributed by atoms with Crippen molar-refractivity contribution in [2.75, 3.05) is 26.7 Å². The first kappa shape index (κ1) is 14.7. The number of rotatable bonds is 5. The molecule has 0 spiro atoms. The summed E-state index contributed by atoms with van der Waals surface area (Å²) in [7, 11) is 2.00. The Labute approximate surface area is 118 Å². The zero-order chi connectivity index (χ0) is 14.7. The molecule has 2 heterocycles. The molecule has 1 aromatic heterocycles. The fraction of sp³-hybridized carbons (Fsp3) is 0.643. The van der Waals surface area contributed by atoms with Crippen molar-refractivity contribution in [2.45, 2.75) is 26.8 Å². The van der Waals surface area contributed by atoms with Crippen LogP contribution in [0.15, 0.2) is 10.9 Å². The van der Waals surface area contributed by atoms with E-state index in [0.29, 0.717) is 24.7 Å². The summed E-state index contributed by atoms with van der Waals surface area (Å²) >= 11 is 0. The number of aromatic amines is 1. The van der Waals surface area contributed by atoms with Gasteiger partial charge in [0.15, 0.2) is 0 Å². The summed E-state index contributed by atoms with van der Waals surface area (Å²) in [5.41, 5.74) is 0.652. The molecule has 1 amide bonds. The molecule has 1 aliphatic heterocycles. The van der Waals surface area contributed by atoms with Crippen molar-refractivity contribution in [3.63, 3.8) is 0 Å². The van der Waals surface area contributed by atoms with E-state index in [1.54, 1.807) is 6.92 Å². The van der Waals surface area contributed by atoms with Crippen molar-refractivity contribution in [3.05, 3.63) is 27.9 Å². The van der Waals surface area contributed by atoms with Gasteiger partial charge in [0.2, 0.25) is 5.91 Å². The second-order valence-corrected chi connectivity index (χ2v) is 5.52. The highest BCUT2D eigenvalue weighted by molar-refractivity contribution is 5.78. The lowest BCUT2D eigenvalue weighted by Crippen LogP contribution is -2.29. The Kier molecular flexibility index (Phi) is 4.54. The maximum atomic E-state index is 11.7. The van der Waals surface area contributed by atoms with Gasteiger partial charge < -0.3 is 14.8 Å². The summed E-state index contributed by atoms with van der Waals surface area (Å²) in [5.74, 6) is 1.25. The van der Waals surface area contributed by atoms with Crippen molar-refractivity contribution < 1.29 is 4.79 Å². The second-order valence-electron chi connectivity index (χ2n) is 5.52. The molecule has 1 N–H and O–H groups in total. The van der Waals surface area contributed by atoms with Crippen LogP contribution in [-0.4, -0.2) is 52.4 Å². The molecule has 1 fully saturated rings. The highest BCUT2D eigenvalue weighted by Crippen LogP contribution is 2.18. The molecule has 0 radical (unpaired) electrons. The highest BCUT2D eigenvalue weighted by Gasteiger charge is 2.28. The number of likely N-dealkylation sites (tertiary alicyclic amines) is 1. The van der Waals surface area contributed by atoms with Crippen molar-refractivity contribution in [3.8, 4) is 0 Å². The lowest BCUT2D eigenvalue weighted by atomic mass is 10.1. The molecule has 0 aliphatic carbocycles. The third kappa shape index (κ3) is 3.66. The molecule has 110 valence electrons. The zero-order valence-corrected chi connectivity index (χ0v) is 12.3. The number of nitrogens with zero attached hydrogens (tertiary/aromatic N) is 3. The number of aromatic nitrogens is 2. The van der Waals surface area contributed by atoms with Crippen molar-refractivity contribution in [2.24, 2.45) is 5.92 Å². The molecule has 1 saturated heterocycles. The number of aryl methyl sites for hydroxylation is 1. The molecule has 0 aromatic carbocycles. The van der Waals surface area contributed by atoms with Crippen LogP contribution in [0.1, 0.15) is 24.9 Å². The number of H-pyrrole nitrogens is 1. The van der Waals surface area contributed by atoms with Crippen LogP contribution in [-0.2, 0) is 11.3 Å². The molecule has 1 atom stereocenters. The van der Waals surface area contributed by atoms with Gasteiger partial charge in [-0.3, -0.25) is 9.59 Å². The molecular weight excluding hydrogens is 256 g/mol. The van der Waals surface area contributed by atoms with E-state index in [1.165, 1.54) is 6.07 Å². The number of hydrogen-bond acceptors (Lipinski definition) is 4. The van der Waals surface area contributed by atoms with E-state index in [-0.39, 0.29) is 11.5 Å².